The van der Waals surface area contributed by atoms with Gasteiger partial charge in [-0.05, 0) is 22.3 Å². The summed E-state index contributed by atoms with van der Waals surface area (Å²) in [6.45, 7) is 1.97. The molecular formula is C35H38O6. The molecule has 0 aliphatic carbocycles. The zero-order valence-corrected chi connectivity index (χ0v) is 23.4. The van der Waals surface area contributed by atoms with E-state index in [2.05, 4.69) is 0 Å². The first kappa shape index (κ1) is 29.1. The molecule has 41 heavy (non-hydrogen) atoms. The highest BCUT2D eigenvalue weighted by molar-refractivity contribution is 5.16. The monoisotopic (exact) mass is 554 g/mol. The number of rotatable bonds is 14. The molecule has 0 N–H and O–H groups in total. The highest BCUT2D eigenvalue weighted by Crippen LogP contribution is 2.31. The van der Waals surface area contributed by atoms with Crippen LogP contribution in [0.4, 0.5) is 0 Å². The first-order valence-electron chi connectivity index (χ1n) is 14.1. The van der Waals surface area contributed by atoms with Crippen molar-refractivity contribution < 1.29 is 28.4 Å². The Morgan fingerprint density at radius 3 is 1.32 bits per heavy atom. The maximum atomic E-state index is 6.63. The summed E-state index contributed by atoms with van der Waals surface area (Å²) in [4.78, 5) is 0. The molecule has 6 heteroatoms. The Kier molecular flexibility index (Phi) is 11.1. The third kappa shape index (κ3) is 8.57. The van der Waals surface area contributed by atoms with Crippen LogP contribution in [0, 0.1) is 0 Å². The third-order valence-electron chi connectivity index (χ3n) is 7.07. The first-order chi connectivity index (χ1) is 20.3. The molecule has 0 saturated carbocycles. The summed E-state index contributed by atoms with van der Waals surface area (Å²) in [5.74, 6) is 0. The van der Waals surface area contributed by atoms with Crippen molar-refractivity contribution in [1.82, 2.24) is 0 Å². The number of ether oxygens (including phenoxy) is 6. The first-order valence-corrected chi connectivity index (χ1v) is 14.1. The summed E-state index contributed by atoms with van der Waals surface area (Å²) in [6, 6.07) is 40.4. The molecule has 1 aliphatic heterocycles. The topological polar surface area (TPSA) is 55.4 Å². The van der Waals surface area contributed by atoms with Gasteiger partial charge < -0.3 is 28.4 Å². The quantitative estimate of drug-likeness (QED) is 0.182. The number of methoxy groups -OCH3 is 1. The van der Waals surface area contributed by atoms with Gasteiger partial charge >= 0.3 is 0 Å². The average Bonchev–Trinajstić information content (AvgIpc) is 3.04. The van der Waals surface area contributed by atoms with Crippen LogP contribution in [0.2, 0.25) is 0 Å². The van der Waals surface area contributed by atoms with E-state index in [4.69, 9.17) is 28.4 Å². The van der Waals surface area contributed by atoms with Crippen molar-refractivity contribution in [2.45, 2.75) is 57.1 Å². The van der Waals surface area contributed by atoms with Crippen molar-refractivity contribution in [3.8, 4) is 0 Å². The van der Waals surface area contributed by atoms with E-state index in [0.717, 1.165) is 22.3 Å². The van der Waals surface area contributed by atoms with E-state index in [1.54, 1.807) is 7.11 Å². The molecule has 1 saturated heterocycles. The van der Waals surface area contributed by atoms with Gasteiger partial charge in [0.1, 0.15) is 24.4 Å². The summed E-state index contributed by atoms with van der Waals surface area (Å²) in [5.41, 5.74) is 4.27. The molecule has 5 atom stereocenters. The van der Waals surface area contributed by atoms with Gasteiger partial charge in [-0.25, -0.2) is 0 Å². The second-order valence-corrected chi connectivity index (χ2v) is 10.1. The molecule has 1 heterocycles. The molecule has 0 bridgehead atoms. The molecule has 4 aromatic carbocycles. The number of hydrogen-bond donors (Lipinski definition) is 0. The van der Waals surface area contributed by atoms with Gasteiger partial charge in [0, 0.05) is 7.11 Å². The van der Waals surface area contributed by atoms with Gasteiger partial charge in [-0.1, -0.05) is 121 Å². The summed E-state index contributed by atoms with van der Waals surface area (Å²) >= 11 is 0. The zero-order valence-electron chi connectivity index (χ0n) is 23.4. The highest BCUT2D eigenvalue weighted by atomic mass is 16.7. The van der Waals surface area contributed by atoms with Crippen molar-refractivity contribution in [2.75, 3.05) is 13.7 Å². The molecular weight excluding hydrogens is 516 g/mol. The second kappa shape index (κ2) is 15.6. The second-order valence-electron chi connectivity index (χ2n) is 10.1. The average molecular weight is 555 g/mol. The van der Waals surface area contributed by atoms with Crippen LogP contribution in [-0.4, -0.2) is 44.4 Å². The van der Waals surface area contributed by atoms with E-state index in [-0.39, 0.29) is 0 Å². The van der Waals surface area contributed by atoms with Crippen molar-refractivity contribution in [3.05, 3.63) is 144 Å². The van der Waals surface area contributed by atoms with Gasteiger partial charge in [-0.15, -0.1) is 0 Å². The van der Waals surface area contributed by atoms with Crippen LogP contribution in [0.15, 0.2) is 121 Å². The molecule has 1 fully saturated rings. The van der Waals surface area contributed by atoms with Crippen molar-refractivity contribution in [2.24, 2.45) is 0 Å². The summed E-state index contributed by atoms with van der Waals surface area (Å²) in [6.07, 6.45) is -2.59. The summed E-state index contributed by atoms with van der Waals surface area (Å²) < 4.78 is 38.2. The van der Waals surface area contributed by atoms with Gasteiger partial charge in [0.25, 0.3) is 0 Å². The van der Waals surface area contributed by atoms with Crippen LogP contribution >= 0.6 is 0 Å². The Morgan fingerprint density at radius 1 is 0.488 bits per heavy atom. The lowest BCUT2D eigenvalue weighted by Crippen LogP contribution is -2.61. The lowest BCUT2D eigenvalue weighted by atomic mass is 9.97. The van der Waals surface area contributed by atoms with Crippen LogP contribution in [0.3, 0.4) is 0 Å². The number of benzene rings is 4. The Bertz CT molecular complexity index is 1260. The normalized spacial score (nSPS) is 22.4. The predicted molar refractivity (Wildman–Crippen MR) is 157 cm³/mol. The summed E-state index contributed by atoms with van der Waals surface area (Å²) in [5, 5.41) is 0. The SMILES string of the molecule is COC1OC(COCc2ccccc2)C(OCc2ccccc2)C(OCc2ccccc2)C1OCc1ccccc1. The predicted octanol–water partition coefficient (Wildman–Crippen LogP) is 6.33. The largest absolute Gasteiger partial charge is 0.374 e. The molecule has 1 aliphatic rings. The van der Waals surface area contributed by atoms with Crippen LogP contribution in [0.5, 0.6) is 0 Å². The molecule has 4 aromatic rings. The molecule has 214 valence electrons. The lowest BCUT2D eigenvalue weighted by molar-refractivity contribution is -0.323. The standard InChI is InChI=1S/C35H38O6/c1-36-35-34(40-25-30-20-12-5-13-21-30)33(39-24-29-18-10-4-11-19-29)32(38-23-28-16-8-3-9-17-28)31(41-35)26-37-22-27-14-6-2-7-15-27/h2-21,31-35H,22-26H2,1H3. The van der Waals surface area contributed by atoms with Crippen molar-refractivity contribution in [1.29, 1.82) is 0 Å². The fourth-order valence-electron chi connectivity index (χ4n) is 4.94. The Morgan fingerprint density at radius 2 is 0.878 bits per heavy atom. The smallest absolute Gasteiger partial charge is 0.186 e. The van der Waals surface area contributed by atoms with E-state index in [1.807, 2.05) is 121 Å². The molecule has 5 rings (SSSR count). The molecule has 0 spiro atoms. The van der Waals surface area contributed by atoms with Gasteiger partial charge in [0.2, 0.25) is 0 Å². The van der Waals surface area contributed by atoms with Crippen LogP contribution in [0.1, 0.15) is 22.3 Å². The van der Waals surface area contributed by atoms with Gasteiger partial charge in [-0.2, -0.15) is 0 Å². The van der Waals surface area contributed by atoms with E-state index < -0.39 is 30.7 Å². The molecule has 0 radical (unpaired) electrons. The third-order valence-corrected chi connectivity index (χ3v) is 7.07. The fourth-order valence-corrected chi connectivity index (χ4v) is 4.94. The van der Waals surface area contributed by atoms with Crippen molar-refractivity contribution in [3.63, 3.8) is 0 Å². The van der Waals surface area contributed by atoms with Gasteiger partial charge in [0.05, 0.1) is 33.0 Å². The van der Waals surface area contributed by atoms with Gasteiger partial charge in [-0.3, -0.25) is 0 Å². The minimum absolute atomic E-state index is 0.310. The Hall–Kier alpha value is -3.36. The van der Waals surface area contributed by atoms with Crippen LogP contribution in [-0.2, 0) is 54.8 Å². The van der Waals surface area contributed by atoms with E-state index >= 15 is 0 Å². The van der Waals surface area contributed by atoms with Crippen molar-refractivity contribution >= 4 is 0 Å². The fraction of sp³-hybridized carbons (Fsp3) is 0.314. The Labute approximate surface area is 242 Å². The maximum Gasteiger partial charge on any atom is 0.186 e. The van der Waals surface area contributed by atoms with Crippen LogP contribution in [0.25, 0.3) is 0 Å². The highest BCUT2D eigenvalue weighted by Gasteiger charge is 2.48. The maximum absolute atomic E-state index is 6.63. The molecule has 0 amide bonds. The zero-order chi connectivity index (χ0) is 28.1. The summed E-state index contributed by atoms with van der Waals surface area (Å²) in [7, 11) is 1.63. The molecule has 6 nitrogen and oxygen atoms in total. The Balaban J connectivity index is 1.38. The van der Waals surface area contributed by atoms with E-state index in [1.165, 1.54) is 0 Å². The molecule has 0 aromatic heterocycles. The van der Waals surface area contributed by atoms with Gasteiger partial charge in [0.15, 0.2) is 6.29 Å². The minimum Gasteiger partial charge on any atom is -0.374 e. The molecule has 5 unspecified atom stereocenters. The lowest BCUT2D eigenvalue weighted by Gasteiger charge is -2.45. The van der Waals surface area contributed by atoms with E-state index in [9.17, 15) is 0 Å². The van der Waals surface area contributed by atoms with Crippen LogP contribution < -0.4 is 0 Å². The number of hydrogen-bond acceptors (Lipinski definition) is 6. The minimum atomic E-state index is -0.665. The van der Waals surface area contributed by atoms with E-state index in [0.29, 0.717) is 33.0 Å².